The van der Waals surface area contributed by atoms with Crippen molar-refractivity contribution in [2.45, 2.75) is 18.9 Å². The van der Waals surface area contributed by atoms with Gasteiger partial charge in [0.2, 0.25) is 0 Å². The van der Waals surface area contributed by atoms with Crippen molar-refractivity contribution in [2.24, 2.45) is 0 Å². The highest BCUT2D eigenvalue weighted by Crippen LogP contribution is 2.32. The highest BCUT2D eigenvalue weighted by molar-refractivity contribution is 7.91. The van der Waals surface area contributed by atoms with Crippen LogP contribution < -0.4 is 5.32 Å². The van der Waals surface area contributed by atoms with Gasteiger partial charge in [-0.3, -0.25) is 0 Å². The second-order valence-corrected chi connectivity index (χ2v) is 8.39. The van der Waals surface area contributed by atoms with Crippen LogP contribution in [0.3, 0.4) is 0 Å². The number of anilines is 1. The van der Waals surface area contributed by atoms with E-state index < -0.39 is 9.84 Å². The van der Waals surface area contributed by atoms with Crippen LogP contribution in [0.25, 0.3) is 10.2 Å². The monoisotopic (exact) mass is 316 g/mol. The van der Waals surface area contributed by atoms with E-state index in [2.05, 4.69) is 10.3 Å². The number of thiazole rings is 1. The Kier molecular flexibility index (Phi) is 3.41. The van der Waals surface area contributed by atoms with Crippen LogP contribution in [0.5, 0.6) is 0 Å². The number of rotatable bonds is 2. The number of hydrogen-bond acceptors (Lipinski definition) is 5. The predicted octanol–water partition coefficient (Wildman–Crippen LogP) is 2.94. The van der Waals surface area contributed by atoms with Gasteiger partial charge in [0.25, 0.3) is 0 Å². The highest BCUT2D eigenvalue weighted by Gasteiger charge is 2.24. The Labute approximate surface area is 120 Å². The molecule has 0 amide bonds. The Morgan fingerprint density at radius 2 is 2.05 bits per heavy atom. The number of aromatic nitrogens is 1. The maximum atomic E-state index is 11.4. The minimum Gasteiger partial charge on any atom is -0.359 e. The Morgan fingerprint density at radius 3 is 2.74 bits per heavy atom. The van der Waals surface area contributed by atoms with Crippen LogP contribution in [0.15, 0.2) is 18.2 Å². The second kappa shape index (κ2) is 4.92. The summed E-state index contributed by atoms with van der Waals surface area (Å²) < 4.78 is 23.7. The number of halogens is 1. The van der Waals surface area contributed by atoms with Crippen molar-refractivity contribution in [3.63, 3.8) is 0 Å². The smallest absolute Gasteiger partial charge is 0.184 e. The molecule has 4 nitrogen and oxygen atoms in total. The first-order valence-corrected chi connectivity index (χ1v) is 9.07. The van der Waals surface area contributed by atoms with Gasteiger partial charge in [-0.1, -0.05) is 29.0 Å². The van der Waals surface area contributed by atoms with Crippen molar-refractivity contribution in [1.82, 2.24) is 4.98 Å². The van der Waals surface area contributed by atoms with E-state index in [1.807, 2.05) is 18.2 Å². The number of nitrogens with zero attached hydrogens (tertiary/aromatic N) is 1. The summed E-state index contributed by atoms with van der Waals surface area (Å²) in [5.74, 6) is 0.520. The molecule has 1 N–H and O–H groups in total. The first kappa shape index (κ1) is 13.1. The van der Waals surface area contributed by atoms with E-state index >= 15 is 0 Å². The average Bonchev–Trinajstić information content (AvgIpc) is 2.76. The Morgan fingerprint density at radius 1 is 1.32 bits per heavy atom. The van der Waals surface area contributed by atoms with Gasteiger partial charge < -0.3 is 5.32 Å². The Balaban J connectivity index is 1.77. The number of hydrogen-bond donors (Lipinski definition) is 1. The molecule has 0 radical (unpaired) electrons. The largest absolute Gasteiger partial charge is 0.359 e. The molecule has 0 bridgehead atoms. The number of benzene rings is 1. The topological polar surface area (TPSA) is 59.1 Å². The van der Waals surface area contributed by atoms with Crippen LogP contribution >= 0.6 is 22.9 Å². The fraction of sp³-hybridized carbons (Fsp3) is 0.417. The van der Waals surface area contributed by atoms with Crippen molar-refractivity contribution >= 4 is 48.1 Å². The lowest BCUT2D eigenvalue weighted by molar-refractivity contribution is 0.559. The zero-order valence-electron chi connectivity index (χ0n) is 10.1. The highest BCUT2D eigenvalue weighted by atomic mass is 35.5. The molecule has 0 aliphatic carbocycles. The molecule has 19 heavy (non-hydrogen) atoms. The fourth-order valence-electron chi connectivity index (χ4n) is 2.19. The van der Waals surface area contributed by atoms with Gasteiger partial charge in [0.1, 0.15) is 9.84 Å². The molecular formula is C12H13ClN2O2S2. The maximum absolute atomic E-state index is 11.4. The molecule has 2 heterocycles. The molecule has 102 valence electrons. The van der Waals surface area contributed by atoms with Gasteiger partial charge in [0.15, 0.2) is 5.13 Å². The van der Waals surface area contributed by atoms with E-state index in [1.165, 1.54) is 11.3 Å². The van der Waals surface area contributed by atoms with E-state index in [9.17, 15) is 8.42 Å². The van der Waals surface area contributed by atoms with Crippen LogP contribution in [-0.4, -0.2) is 30.9 Å². The summed E-state index contributed by atoms with van der Waals surface area (Å²) in [6.45, 7) is 0. The number of fused-ring (bicyclic) bond motifs is 1. The third kappa shape index (κ3) is 2.85. The van der Waals surface area contributed by atoms with Gasteiger partial charge in [0.05, 0.1) is 26.7 Å². The summed E-state index contributed by atoms with van der Waals surface area (Å²) >= 11 is 7.63. The van der Waals surface area contributed by atoms with E-state index in [1.54, 1.807) is 0 Å². The van der Waals surface area contributed by atoms with Crippen LogP contribution in [0.4, 0.5) is 5.13 Å². The molecule has 3 rings (SSSR count). The molecule has 0 unspecified atom stereocenters. The normalized spacial score (nSPS) is 19.6. The van der Waals surface area contributed by atoms with E-state index in [4.69, 9.17) is 11.6 Å². The molecule has 1 aromatic heterocycles. The molecule has 0 atom stereocenters. The predicted molar refractivity (Wildman–Crippen MR) is 79.9 cm³/mol. The lowest BCUT2D eigenvalue weighted by Crippen LogP contribution is -2.32. The maximum Gasteiger partial charge on any atom is 0.184 e. The van der Waals surface area contributed by atoms with Crippen molar-refractivity contribution in [3.8, 4) is 0 Å². The number of sulfone groups is 1. The molecule has 2 aromatic rings. The Hall–Kier alpha value is -0.850. The van der Waals surface area contributed by atoms with Crippen molar-refractivity contribution < 1.29 is 8.42 Å². The minimum atomic E-state index is -2.82. The first-order valence-electron chi connectivity index (χ1n) is 6.05. The van der Waals surface area contributed by atoms with Crippen molar-refractivity contribution in [1.29, 1.82) is 0 Å². The standard InChI is InChI=1S/C12H13ClN2O2S2/c13-9-2-1-3-10-11(9)18-12(15-10)14-8-4-6-19(16,17)7-5-8/h1-3,8H,4-7H2,(H,14,15). The molecule has 1 saturated heterocycles. The Bertz CT molecular complexity index is 698. The quantitative estimate of drug-likeness (QED) is 0.925. The van der Waals surface area contributed by atoms with E-state index in [0.29, 0.717) is 17.9 Å². The lowest BCUT2D eigenvalue weighted by atomic mass is 10.2. The average molecular weight is 317 g/mol. The second-order valence-electron chi connectivity index (χ2n) is 4.68. The van der Waals surface area contributed by atoms with Crippen LogP contribution in [0.2, 0.25) is 5.02 Å². The molecule has 7 heteroatoms. The SMILES string of the molecule is O=S1(=O)CCC(Nc2nc3cccc(Cl)c3s2)CC1. The van der Waals surface area contributed by atoms with Gasteiger partial charge in [-0.2, -0.15) is 0 Å². The van der Waals surface area contributed by atoms with Crippen molar-refractivity contribution in [2.75, 3.05) is 16.8 Å². The summed E-state index contributed by atoms with van der Waals surface area (Å²) in [5.41, 5.74) is 0.878. The lowest BCUT2D eigenvalue weighted by Gasteiger charge is -2.22. The number of nitrogens with one attached hydrogen (secondary N) is 1. The molecule has 1 aromatic carbocycles. The van der Waals surface area contributed by atoms with Crippen molar-refractivity contribution in [3.05, 3.63) is 23.2 Å². The molecular weight excluding hydrogens is 304 g/mol. The molecule has 0 saturated carbocycles. The van der Waals surface area contributed by atoms with E-state index in [-0.39, 0.29) is 17.5 Å². The zero-order valence-corrected chi connectivity index (χ0v) is 12.5. The van der Waals surface area contributed by atoms with Crippen LogP contribution in [0, 0.1) is 0 Å². The van der Waals surface area contributed by atoms with Gasteiger partial charge >= 0.3 is 0 Å². The molecule has 1 aliphatic rings. The van der Waals surface area contributed by atoms with Gasteiger partial charge in [-0.15, -0.1) is 0 Å². The van der Waals surface area contributed by atoms with Crippen LogP contribution in [-0.2, 0) is 9.84 Å². The van der Waals surface area contributed by atoms with E-state index in [0.717, 1.165) is 15.3 Å². The summed E-state index contributed by atoms with van der Waals surface area (Å²) in [6.07, 6.45) is 1.29. The third-order valence-corrected chi connectivity index (χ3v) is 6.43. The summed E-state index contributed by atoms with van der Waals surface area (Å²) in [4.78, 5) is 4.48. The van der Waals surface area contributed by atoms with Gasteiger partial charge in [-0.05, 0) is 25.0 Å². The minimum absolute atomic E-state index is 0.183. The summed E-state index contributed by atoms with van der Waals surface area (Å²) in [6, 6.07) is 5.83. The van der Waals surface area contributed by atoms with Gasteiger partial charge in [-0.25, -0.2) is 13.4 Å². The fourth-order valence-corrected chi connectivity index (χ4v) is 4.91. The summed E-state index contributed by atoms with van der Waals surface area (Å²) in [7, 11) is -2.82. The molecule has 1 aliphatic heterocycles. The third-order valence-electron chi connectivity index (χ3n) is 3.25. The first-order chi connectivity index (χ1) is 9.03. The van der Waals surface area contributed by atoms with Gasteiger partial charge in [0, 0.05) is 6.04 Å². The zero-order chi connectivity index (χ0) is 13.5. The van der Waals surface area contributed by atoms with Crippen LogP contribution in [0.1, 0.15) is 12.8 Å². The molecule has 1 fully saturated rings. The summed E-state index contributed by atoms with van der Waals surface area (Å²) in [5, 5.41) is 4.84. The molecule has 0 spiro atoms.